The Morgan fingerprint density at radius 3 is 2.32 bits per heavy atom. The number of hydrogen-bond donors (Lipinski definition) is 0. The molecule has 0 saturated heterocycles. The van der Waals surface area contributed by atoms with Gasteiger partial charge in [0.25, 0.3) is 0 Å². The summed E-state index contributed by atoms with van der Waals surface area (Å²) in [5.41, 5.74) is 9.42. The van der Waals surface area contributed by atoms with Crippen LogP contribution in [-0.2, 0) is 28.6 Å². The van der Waals surface area contributed by atoms with Gasteiger partial charge in [0, 0.05) is 0 Å². The predicted octanol–water partition coefficient (Wildman–Crippen LogP) is 0.527. The molecule has 4 rings (SSSR count). The van der Waals surface area contributed by atoms with Crippen molar-refractivity contribution in [2.75, 3.05) is 0 Å². The molecule has 2 aliphatic rings. The van der Waals surface area contributed by atoms with Gasteiger partial charge in [-0.05, 0) is 0 Å². The van der Waals surface area contributed by atoms with Gasteiger partial charge in [0.05, 0.1) is 0 Å². The Kier molecular flexibility index (Phi) is 7.63. The third-order valence-electron chi connectivity index (χ3n) is 5.51. The molecule has 0 amide bonds. The smallest absolute Gasteiger partial charge is 1.00 e. The Morgan fingerprint density at radius 1 is 1.00 bits per heavy atom. The number of fused-ring (bicyclic) bond motifs is 3. The summed E-state index contributed by atoms with van der Waals surface area (Å²) in [6.07, 6.45) is 8.01. The minimum atomic E-state index is -0.623. The maximum Gasteiger partial charge on any atom is -1.00 e. The van der Waals surface area contributed by atoms with E-state index in [4.69, 9.17) is 0 Å². The number of allylic oxidation sites excluding steroid dienone is 4. The third kappa shape index (κ3) is 4.28. The van der Waals surface area contributed by atoms with E-state index in [2.05, 4.69) is 89.2 Å². The van der Waals surface area contributed by atoms with E-state index in [1.165, 1.54) is 22.3 Å². The van der Waals surface area contributed by atoms with E-state index in [0.29, 0.717) is 5.92 Å². The van der Waals surface area contributed by atoms with E-state index in [-0.39, 0.29) is 30.2 Å². The molecule has 0 saturated carbocycles. The zero-order valence-electron chi connectivity index (χ0n) is 17.3. The zero-order valence-corrected chi connectivity index (χ0v) is 21.3. The summed E-state index contributed by atoms with van der Waals surface area (Å²) in [6.45, 7) is 11.9. The minimum Gasteiger partial charge on any atom is -1.00 e. The summed E-state index contributed by atoms with van der Waals surface area (Å²) < 4.78 is 2.55. The van der Waals surface area contributed by atoms with Crippen LogP contribution >= 0.6 is 0 Å². The SMILES string of the molecule is C[CH](C)[Zr+2][c]1cc(C(C)(C)C)cc2c1C(C1=CC=CC1)c1ccccc1-2.[Cl-].[Cl-]. The van der Waals surface area contributed by atoms with Crippen LogP contribution in [0, 0.1) is 0 Å². The summed E-state index contributed by atoms with van der Waals surface area (Å²) in [4.78, 5) is 0. The van der Waals surface area contributed by atoms with Crippen LogP contribution in [0.3, 0.4) is 0 Å². The Labute approximate surface area is 194 Å². The molecule has 0 fully saturated rings. The fourth-order valence-electron chi connectivity index (χ4n) is 4.26. The van der Waals surface area contributed by atoms with Gasteiger partial charge < -0.3 is 24.8 Å². The normalized spacial score (nSPS) is 16.6. The molecule has 1 atom stereocenters. The first-order valence-electron chi connectivity index (χ1n) is 9.76. The maximum absolute atomic E-state index is 2.58. The largest absolute Gasteiger partial charge is 1.00 e. The van der Waals surface area contributed by atoms with Crippen LogP contribution in [0.4, 0.5) is 0 Å². The molecule has 0 bridgehead atoms. The summed E-state index contributed by atoms with van der Waals surface area (Å²) in [5.74, 6) is 0.472. The van der Waals surface area contributed by atoms with Gasteiger partial charge in [-0.3, -0.25) is 0 Å². The van der Waals surface area contributed by atoms with Gasteiger partial charge in [0.1, 0.15) is 0 Å². The molecule has 0 aromatic heterocycles. The standard InChI is InChI=1S/C22H21.C3H7.2ClH.Zr/c1-22(2,3)16-12-13-19-20(14-16)17-10-6-7-11-18(17)21(19)15-8-4-5-9-15;1-3-2;;;/h4-8,10-12,14,21H,9H2,1-3H3;3H,1-2H3;2*1H;/q;;;;+2/p-2. The molecule has 2 aromatic rings. The van der Waals surface area contributed by atoms with Gasteiger partial charge >= 0.3 is 171 Å². The molecular formula is C25H28Cl2Zr. The van der Waals surface area contributed by atoms with Crippen molar-refractivity contribution in [3.8, 4) is 11.1 Å². The Hall–Kier alpha value is -0.617. The van der Waals surface area contributed by atoms with Crippen molar-refractivity contribution < 1.29 is 48.0 Å². The van der Waals surface area contributed by atoms with Crippen LogP contribution in [-0.4, -0.2) is 0 Å². The first-order valence-corrected chi connectivity index (χ1v) is 12.4. The molecule has 0 radical (unpaired) electrons. The van der Waals surface area contributed by atoms with Gasteiger partial charge in [0.2, 0.25) is 0 Å². The number of halogens is 2. The van der Waals surface area contributed by atoms with Crippen LogP contribution in [0.1, 0.15) is 63.6 Å². The average molecular weight is 491 g/mol. The quantitative estimate of drug-likeness (QED) is 0.589. The fraction of sp³-hybridized carbons (Fsp3) is 0.360. The second kappa shape index (κ2) is 9.03. The monoisotopic (exact) mass is 488 g/mol. The van der Waals surface area contributed by atoms with Gasteiger partial charge in [-0.25, -0.2) is 0 Å². The molecule has 28 heavy (non-hydrogen) atoms. The summed E-state index contributed by atoms with van der Waals surface area (Å²) >= 11 is -0.623. The minimum absolute atomic E-state index is 0. The van der Waals surface area contributed by atoms with Crippen LogP contribution < -0.4 is 28.1 Å². The first kappa shape index (κ1) is 23.7. The van der Waals surface area contributed by atoms with Crippen LogP contribution in [0.5, 0.6) is 0 Å². The molecule has 0 aliphatic heterocycles. The van der Waals surface area contributed by atoms with E-state index in [9.17, 15) is 0 Å². The van der Waals surface area contributed by atoms with Crippen molar-refractivity contribution >= 4 is 3.27 Å². The van der Waals surface area contributed by atoms with E-state index in [0.717, 1.165) is 10.0 Å². The fourth-order valence-corrected chi connectivity index (χ4v) is 7.45. The second-order valence-corrected chi connectivity index (χ2v) is 13.8. The molecule has 0 spiro atoms. The molecular weight excluding hydrogens is 462 g/mol. The molecule has 0 heterocycles. The molecule has 2 aromatic carbocycles. The third-order valence-corrected chi connectivity index (χ3v) is 8.71. The molecule has 0 N–H and O–H groups in total. The number of hydrogen-bond acceptors (Lipinski definition) is 0. The summed E-state index contributed by atoms with van der Waals surface area (Å²) in [6, 6.07) is 14.2. The van der Waals surface area contributed by atoms with Gasteiger partial charge in [-0.2, -0.15) is 0 Å². The molecule has 146 valence electrons. The van der Waals surface area contributed by atoms with E-state index in [1.54, 1.807) is 14.4 Å². The molecule has 0 nitrogen and oxygen atoms in total. The van der Waals surface area contributed by atoms with Gasteiger partial charge in [-0.15, -0.1) is 0 Å². The Morgan fingerprint density at radius 2 is 1.71 bits per heavy atom. The number of benzene rings is 2. The predicted molar refractivity (Wildman–Crippen MR) is 109 cm³/mol. The summed E-state index contributed by atoms with van der Waals surface area (Å²) in [7, 11) is 0. The van der Waals surface area contributed by atoms with Crippen LogP contribution in [0.25, 0.3) is 11.1 Å². The molecule has 3 heteroatoms. The van der Waals surface area contributed by atoms with Crippen molar-refractivity contribution in [2.45, 2.75) is 56.0 Å². The van der Waals surface area contributed by atoms with Crippen molar-refractivity contribution in [1.82, 2.24) is 0 Å². The van der Waals surface area contributed by atoms with Crippen molar-refractivity contribution in [1.29, 1.82) is 0 Å². The van der Waals surface area contributed by atoms with Crippen molar-refractivity contribution in [2.24, 2.45) is 0 Å². The van der Waals surface area contributed by atoms with E-state index in [1.807, 2.05) is 0 Å². The average Bonchev–Trinajstić information content (AvgIpc) is 3.19. The number of rotatable bonds is 3. The van der Waals surface area contributed by atoms with E-state index < -0.39 is 23.2 Å². The van der Waals surface area contributed by atoms with Gasteiger partial charge in [-0.1, -0.05) is 0 Å². The Balaban J connectivity index is 0.00000140. The van der Waals surface area contributed by atoms with Crippen LogP contribution in [0.2, 0.25) is 3.63 Å². The van der Waals surface area contributed by atoms with Crippen molar-refractivity contribution in [3.63, 3.8) is 0 Å². The van der Waals surface area contributed by atoms with Crippen LogP contribution in [0.15, 0.2) is 60.2 Å². The van der Waals surface area contributed by atoms with E-state index >= 15 is 0 Å². The molecule has 2 aliphatic carbocycles. The first-order chi connectivity index (χ1) is 12.4. The zero-order chi connectivity index (χ0) is 18.5. The Bertz CT molecular complexity index is 917. The maximum atomic E-state index is 2.58. The summed E-state index contributed by atoms with van der Waals surface area (Å²) in [5, 5.41) is 0. The second-order valence-electron chi connectivity index (χ2n) is 8.93. The molecule has 1 unspecified atom stereocenters. The van der Waals surface area contributed by atoms with Crippen molar-refractivity contribution in [3.05, 3.63) is 76.9 Å². The van der Waals surface area contributed by atoms with Gasteiger partial charge in [0.15, 0.2) is 0 Å². The topological polar surface area (TPSA) is 0 Å².